The van der Waals surface area contributed by atoms with Crippen LogP contribution >= 0.6 is 11.6 Å². The molecule has 0 bridgehead atoms. The Morgan fingerprint density at radius 2 is 1.76 bits per heavy atom. The summed E-state index contributed by atoms with van der Waals surface area (Å²) >= 11 is 6.08. The summed E-state index contributed by atoms with van der Waals surface area (Å²) in [6, 6.07) is 15.6. The SMILES string of the molecule is Cc1ccc(C(=O)CCC(=O)N2CCC(c3cc4cc(Cl)ccc4[nH]3)CC2)cc1. The third-order valence-corrected chi connectivity index (χ3v) is 6.07. The number of nitrogens with zero attached hydrogens (tertiary/aromatic N) is 1. The molecule has 0 spiro atoms. The van der Waals surface area contributed by atoms with Gasteiger partial charge in [-0.3, -0.25) is 9.59 Å². The van der Waals surface area contributed by atoms with Gasteiger partial charge in [0.2, 0.25) is 5.91 Å². The van der Waals surface area contributed by atoms with E-state index in [1.165, 1.54) is 5.69 Å². The van der Waals surface area contributed by atoms with E-state index >= 15 is 0 Å². The highest BCUT2D eigenvalue weighted by molar-refractivity contribution is 6.31. The van der Waals surface area contributed by atoms with Crippen molar-refractivity contribution >= 4 is 34.2 Å². The van der Waals surface area contributed by atoms with E-state index < -0.39 is 0 Å². The summed E-state index contributed by atoms with van der Waals surface area (Å²) in [5.74, 6) is 0.525. The average Bonchev–Trinajstić information content (AvgIpc) is 3.15. The molecule has 1 aliphatic heterocycles. The fraction of sp³-hybridized carbons (Fsp3) is 0.333. The average molecular weight is 409 g/mol. The molecule has 2 aromatic carbocycles. The zero-order chi connectivity index (χ0) is 20.4. The molecule has 150 valence electrons. The predicted octanol–water partition coefficient (Wildman–Crippen LogP) is 5.50. The number of halogens is 1. The highest BCUT2D eigenvalue weighted by Crippen LogP contribution is 2.31. The van der Waals surface area contributed by atoms with Crippen molar-refractivity contribution in [1.82, 2.24) is 9.88 Å². The Morgan fingerprint density at radius 3 is 2.48 bits per heavy atom. The first-order valence-corrected chi connectivity index (χ1v) is 10.5. The quantitative estimate of drug-likeness (QED) is 0.567. The predicted molar refractivity (Wildman–Crippen MR) is 117 cm³/mol. The van der Waals surface area contributed by atoms with Crippen molar-refractivity contribution in [1.29, 1.82) is 0 Å². The lowest BCUT2D eigenvalue weighted by Crippen LogP contribution is -2.38. The van der Waals surface area contributed by atoms with Crippen LogP contribution in [-0.4, -0.2) is 34.7 Å². The molecule has 2 heterocycles. The third kappa shape index (κ3) is 4.54. The molecule has 0 aliphatic carbocycles. The van der Waals surface area contributed by atoms with Gasteiger partial charge in [-0.15, -0.1) is 0 Å². The Bertz CT molecular complexity index is 1030. The first-order valence-electron chi connectivity index (χ1n) is 10.2. The van der Waals surface area contributed by atoms with E-state index in [1.54, 1.807) is 0 Å². The minimum atomic E-state index is 0.0324. The Hall–Kier alpha value is -2.59. The van der Waals surface area contributed by atoms with Gasteiger partial charge in [0.1, 0.15) is 0 Å². The molecule has 0 saturated carbocycles. The largest absolute Gasteiger partial charge is 0.358 e. The first-order chi connectivity index (χ1) is 14.0. The van der Waals surface area contributed by atoms with Crippen molar-refractivity contribution in [3.63, 3.8) is 0 Å². The number of benzene rings is 2. The number of carbonyl (C=O) groups is 2. The number of fused-ring (bicyclic) bond motifs is 1. The smallest absolute Gasteiger partial charge is 0.223 e. The zero-order valence-corrected chi connectivity index (χ0v) is 17.3. The summed E-state index contributed by atoms with van der Waals surface area (Å²) in [5.41, 5.74) is 4.11. The number of rotatable bonds is 5. The lowest BCUT2D eigenvalue weighted by atomic mass is 9.93. The van der Waals surface area contributed by atoms with Crippen LogP contribution in [0.5, 0.6) is 0 Å². The van der Waals surface area contributed by atoms with Crippen LogP contribution < -0.4 is 0 Å². The number of H-pyrrole nitrogens is 1. The number of Topliss-reactive ketones (excluding diaryl/α,β-unsaturated/α-hetero) is 1. The van der Waals surface area contributed by atoms with Crippen molar-refractivity contribution in [3.8, 4) is 0 Å². The van der Waals surface area contributed by atoms with Crippen LogP contribution in [0.1, 0.15) is 53.2 Å². The minimum Gasteiger partial charge on any atom is -0.358 e. The molecule has 1 saturated heterocycles. The number of nitrogens with one attached hydrogen (secondary N) is 1. The van der Waals surface area contributed by atoms with Gasteiger partial charge >= 0.3 is 0 Å². The number of hydrogen-bond acceptors (Lipinski definition) is 2. The summed E-state index contributed by atoms with van der Waals surface area (Å²) in [6.45, 7) is 3.46. The third-order valence-electron chi connectivity index (χ3n) is 5.83. The Balaban J connectivity index is 1.30. The number of likely N-dealkylation sites (tertiary alicyclic amines) is 1. The van der Waals surface area contributed by atoms with E-state index in [-0.39, 0.29) is 24.5 Å². The number of hydrogen-bond donors (Lipinski definition) is 1. The van der Waals surface area contributed by atoms with Crippen molar-refractivity contribution in [2.45, 2.75) is 38.5 Å². The van der Waals surface area contributed by atoms with Crippen LogP contribution in [0.2, 0.25) is 5.02 Å². The maximum Gasteiger partial charge on any atom is 0.223 e. The summed E-state index contributed by atoms with van der Waals surface area (Å²) in [4.78, 5) is 30.3. The summed E-state index contributed by atoms with van der Waals surface area (Å²) < 4.78 is 0. The van der Waals surface area contributed by atoms with Gasteiger partial charge in [0, 0.05) is 59.0 Å². The maximum atomic E-state index is 12.6. The second-order valence-corrected chi connectivity index (χ2v) is 8.34. The first kappa shape index (κ1) is 19.7. The van der Waals surface area contributed by atoms with Gasteiger partial charge < -0.3 is 9.88 Å². The second-order valence-electron chi connectivity index (χ2n) is 7.90. The highest BCUT2D eigenvalue weighted by Gasteiger charge is 2.25. The van der Waals surface area contributed by atoms with Gasteiger partial charge in [-0.05, 0) is 44.0 Å². The van der Waals surface area contributed by atoms with Crippen LogP contribution in [0.15, 0.2) is 48.5 Å². The lowest BCUT2D eigenvalue weighted by molar-refractivity contribution is -0.132. The molecule has 0 atom stereocenters. The highest BCUT2D eigenvalue weighted by atomic mass is 35.5. The van der Waals surface area contributed by atoms with Crippen LogP contribution in [0.25, 0.3) is 10.9 Å². The molecule has 3 aromatic rings. The van der Waals surface area contributed by atoms with Crippen molar-refractivity contribution in [3.05, 3.63) is 70.4 Å². The second kappa shape index (κ2) is 8.42. The lowest BCUT2D eigenvalue weighted by Gasteiger charge is -2.31. The molecule has 4 rings (SSSR count). The van der Waals surface area contributed by atoms with E-state index in [1.807, 2.05) is 54.3 Å². The van der Waals surface area contributed by atoms with E-state index in [9.17, 15) is 9.59 Å². The molecule has 0 radical (unpaired) electrons. The van der Waals surface area contributed by atoms with Crippen LogP contribution in [0, 0.1) is 6.92 Å². The number of aromatic amines is 1. The molecule has 1 fully saturated rings. The Kier molecular flexibility index (Phi) is 5.72. The zero-order valence-electron chi connectivity index (χ0n) is 16.6. The van der Waals surface area contributed by atoms with Gasteiger partial charge in [0.05, 0.1) is 0 Å². The number of aryl methyl sites for hydroxylation is 1. The van der Waals surface area contributed by atoms with E-state index in [0.717, 1.165) is 47.4 Å². The van der Waals surface area contributed by atoms with Crippen LogP contribution in [0.3, 0.4) is 0 Å². The standard InChI is InChI=1S/C24H25ClN2O2/c1-16-2-4-18(5-3-16)23(28)8-9-24(29)27-12-10-17(11-13-27)22-15-19-14-20(25)6-7-21(19)26-22/h2-7,14-15,17,26H,8-13H2,1H3. The molecular formula is C24H25ClN2O2. The van der Waals surface area contributed by atoms with E-state index in [4.69, 9.17) is 11.6 Å². The molecule has 1 amide bonds. The number of ketones is 1. The fourth-order valence-corrected chi connectivity index (χ4v) is 4.23. The molecule has 29 heavy (non-hydrogen) atoms. The van der Waals surface area contributed by atoms with Gasteiger partial charge in [-0.25, -0.2) is 0 Å². The monoisotopic (exact) mass is 408 g/mol. The molecule has 0 unspecified atom stereocenters. The Morgan fingerprint density at radius 1 is 1.03 bits per heavy atom. The summed E-state index contributed by atoms with van der Waals surface area (Å²) in [6.07, 6.45) is 2.41. The van der Waals surface area contributed by atoms with Crippen molar-refractivity contribution < 1.29 is 9.59 Å². The normalized spacial score (nSPS) is 15.0. The Labute approximate surface area is 175 Å². The van der Waals surface area contributed by atoms with E-state index in [0.29, 0.717) is 11.5 Å². The topological polar surface area (TPSA) is 53.2 Å². The van der Waals surface area contributed by atoms with Crippen molar-refractivity contribution in [2.75, 3.05) is 13.1 Å². The van der Waals surface area contributed by atoms with Gasteiger partial charge in [0.15, 0.2) is 5.78 Å². The van der Waals surface area contributed by atoms with E-state index in [2.05, 4.69) is 11.1 Å². The maximum absolute atomic E-state index is 12.6. The van der Waals surface area contributed by atoms with Crippen LogP contribution in [0.4, 0.5) is 0 Å². The molecule has 1 N–H and O–H groups in total. The number of aromatic nitrogens is 1. The molecule has 1 aromatic heterocycles. The van der Waals surface area contributed by atoms with Gasteiger partial charge in [-0.1, -0.05) is 41.4 Å². The molecule has 4 nitrogen and oxygen atoms in total. The van der Waals surface area contributed by atoms with Crippen molar-refractivity contribution in [2.24, 2.45) is 0 Å². The molecular weight excluding hydrogens is 384 g/mol. The van der Waals surface area contributed by atoms with Gasteiger partial charge in [-0.2, -0.15) is 0 Å². The molecule has 5 heteroatoms. The summed E-state index contributed by atoms with van der Waals surface area (Å²) in [7, 11) is 0. The van der Waals surface area contributed by atoms with Gasteiger partial charge in [0.25, 0.3) is 0 Å². The number of amides is 1. The fourth-order valence-electron chi connectivity index (χ4n) is 4.05. The number of piperidine rings is 1. The molecule has 1 aliphatic rings. The van der Waals surface area contributed by atoms with Crippen LogP contribution in [-0.2, 0) is 4.79 Å². The number of carbonyl (C=O) groups excluding carboxylic acids is 2. The summed E-state index contributed by atoms with van der Waals surface area (Å²) in [5, 5.41) is 1.87. The minimum absolute atomic E-state index is 0.0324.